The molecule has 2 aromatic rings. The second kappa shape index (κ2) is 6.26. The summed E-state index contributed by atoms with van der Waals surface area (Å²) in [5, 5.41) is 2.17. The van der Waals surface area contributed by atoms with Crippen molar-refractivity contribution < 1.29 is 19.2 Å². The molecule has 0 saturated heterocycles. The van der Waals surface area contributed by atoms with Crippen LogP contribution < -0.4 is 14.8 Å². The van der Waals surface area contributed by atoms with Gasteiger partial charge < -0.3 is 14.8 Å². The van der Waals surface area contributed by atoms with Crippen LogP contribution in [0.4, 0.5) is 4.39 Å². The summed E-state index contributed by atoms with van der Waals surface area (Å²) < 4.78 is 25.9. The van der Waals surface area contributed by atoms with Gasteiger partial charge in [-0.05, 0) is 35.9 Å². The van der Waals surface area contributed by atoms with E-state index in [1.54, 1.807) is 20.3 Å². The monoisotopic (exact) mass is 366 g/mol. The second-order valence-electron chi connectivity index (χ2n) is 5.32. The van der Waals surface area contributed by atoms with E-state index in [1.807, 2.05) is 18.2 Å². The SMILES string of the molecule is COc1cc2c(cc1OC)[C@@H](c1cc(Br)ccc1F)[NH2+]CC2. The van der Waals surface area contributed by atoms with Crippen LogP contribution in [-0.4, -0.2) is 20.8 Å². The zero-order valence-electron chi connectivity index (χ0n) is 12.5. The molecular weight excluding hydrogens is 349 g/mol. The van der Waals surface area contributed by atoms with Crippen LogP contribution in [0.25, 0.3) is 0 Å². The molecule has 2 aromatic carbocycles. The lowest BCUT2D eigenvalue weighted by molar-refractivity contribution is -0.690. The minimum Gasteiger partial charge on any atom is -0.493 e. The maximum Gasteiger partial charge on any atom is 0.161 e. The number of hydrogen-bond acceptors (Lipinski definition) is 2. The van der Waals surface area contributed by atoms with E-state index in [4.69, 9.17) is 9.47 Å². The van der Waals surface area contributed by atoms with Gasteiger partial charge in [0.15, 0.2) is 11.5 Å². The minimum absolute atomic E-state index is 0.0685. The molecule has 1 aliphatic rings. The van der Waals surface area contributed by atoms with Crippen molar-refractivity contribution in [3.05, 3.63) is 57.3 Å². The van der Waals surface area contributed by atoms with Gasteiger partial charge in [-0.2, -0.15) is 0 Å². The third-order valence-corrected chi connectivity index (χ3v) is 4.58. The Labute approximate surface area is 137 Å². The maximum absolute atomic E-state index is 14.3. The summed E-state index contributed by atoms with van der Waals surface area (Å²) in [5.74, 6) is 1.21. The molecule has 1 aliphatic heterocycles. The van der Waals surface area contributed by atoms with Gasteiger partial charge >= 0.3 is 0 Å². The molecule has 0 aliphatic carbocycles. The number of nitrogens with two attached hydrogens (primary N) is 1. The van der Waals surface area contributed by atoms with Gasteiger partial charge in [0.05, 0.1) is 26.3 Å². The van der Waals surface area contributed by atoms with Gasteiger partial charge in [0.1, 0.15) is 11.9 Å². The van der Waals surface area contributed by atoms with Gasteiger partial charge in [-0.25, -0.2) is 4.39 Å². The van der Waals surface area contributed by atoms with E-state index >= 15 is 0 Å². The Morgan fingerprint density at radius 3 is 2.55 bits per heavy atom. The fourth-order valence-electron chi connectivity index (χ4n) is 3.02. The van der Waals surface area contributed by atoms with Crippen LogP contribution >= 0.6 is 15.9 Å². The molecule has 0 fully saturated rings. The third kappa shape index (κ3) is 2.71. The Balaban J connectivity index is 2.13. The number of ether oxygens (including phenoxy) is 2. The molecule has 1 heterocycles. The summed E-state index contributed by atoms with van der Waals surface area (Å²) in [6, 6.07) is 8.97. The van der Waals surface area contributed by atoms with Gasteiger partial charge in [-0.1, -0.05) is 15.9 Å². The predicted octanol–water partition coefficient (Wildman–Crippen LogP) is 2.81. The van der Waals surface area contributed by atoms with Crippen molar-refractivity contribution in [3.8, 4) is 11.5 Å². The summed E-state index contributed by atoms with van der Waals surface area (Å²) in [5.41, 5.74) is 2.95. The Hall–Kier alpha value is -1.59. The first-order valence-corrected chi connectivity index (χ1v) is 7.96. The lowest BCUT2D eigenvalue weighted by Gasteiger charge is -2.26. The number of halogens is 2. The van der Waals surface area contributed by atoms with Crippen molar-refractivity contribution in [3.63, 3.8) is 0 Å². The molecule has 0 unspecified atom stereocenters. The smallest absolute Gasteiger partial charge is 0.161 e. The van der Waals surface area contributed by atoms with E-state index in [-0.39, 0.29) is 11.9 Å². The standard InChI is InChI=1S/C17H17BrFNO2/c1-21-15-7-10-5-6-20-17(12(10)9-16(15)22-2)13-8-11(18)3-4-14(13)19/h3-4,7-9,17,20H,5-6H2,1-2H3/p+1/t17-/m0/s1. The van der Waals surface area contributed by atoms with Crippen LogP contribution in [0.5, 0.6) is 11.5 Å². The normalized spacial score (nSPS) is 17.0. The van der Waals surface area contributed by atoms with E-state index in [1.165, 1.54) is 11.6 Å². The lowest BCUT2D eigenvalue weighted by atomic mass is 9.89. The Morgan fingerprint density at radius 1 is 1.09 bits per heavy atom. The van der Waals surface area contributed by atoms with Crippen LogP contribution in [0.15, 0.2) is 34.8 Å². The fraction of sp³-hybridized carbons (Fsp3) is 0.294. The average Bonchev–Trinajstić information content (AvgIpc) is 2.55. The summed E-state index contributed by atoms with van der Waals surface area (Å²) in [6.45, 7) is 0.916. The van der Waals surface area contributed by atoms with E-state index in [0.717, 1.165) is 28.8 Å². The molecule has 0 saturated carbocycles. The number of hydrogen-bond donors (Lipinski definition) is 1. The van der Waals surface area contributed by atoms with Crippen molar-refractivity contribution in [2.75, 3.05) is 20.8 Å². The molecule has 0 amide bonds. The average molecular weight is 367 g/mol. The van der Waals surface area contributed by atoms with E-state index in [0.29, 0.717) is 11.3 Å². The lowest BCUT2D eigenvalue weighted by Crippen LogP contribution is -2.87. The predicted molar refractivity (Wildman–Crippen MR) is 86.0 cm³/mol. The Bertz CT molecular complexity index is 705. The van der Waals surface area contributed by atoms with Crippen molar-refractivity contribution in [1.82, 2.24) is 0 Å². The van der Waals surface area contributed by atoms with Gasteiger partial charge in [0, 0.05) is 16.5 Å². The van der Waals surface area contributed by atoms with Crippen molar-refractivity contribution in [2.45, 2.75) is 12.5 Å². The first-order chi connectivity index (χ1) is 10.6. The zero-order chi connectivity index (χ0) is 15.7. The van der Waals surface area contributed by atoms with E-state index in [9.17, 15) is 4.39 Å². The molecule has 0 aromatic heterocycles. The van der Waals surface area contributed by atoms with Gasteiger partial charge in [0.25, 0.3) is 0 Å². The van der Waals surface area contributed by atoms with Crippen LogP contribution in [-0.2, 0) is 6.42 Å². The molecule has 22 heavy (non-hydrogen) atoms. The largest absolute Gasteiger partial charge is 0.493 e. The first kappa shape index (κ1) is 15.3. The first-order valence-electron chi connectivity index (χ1n) is 7.17. The van der Waals surface area contributed by atoms with Crippen molar-refractivity contribution >= 4 is 15.9 Å². The highest BCUT2D eigenvalue weighted by molar-refractivity contribution is 9.10. The zero-order valence-corrected chi connectivity index (χ0v) is 14.1. The number of quaternary nitrogens is 1. The highest BCUT2D eigenvalue weighted by Gasteiger charge is 2.29. The maximum atomic E-state index is 14.3. The van der Waals surface area contributed by atoms with Gasteiger partial charge in [-0.3, -0.25) is 0 Å². The van der Waals surface area contributed by atoms with E-state index in [2.05, 4.69) is 21.2 Å². The molecule has 1 atom stereocenters. The molecule has 0 spiro atoms. The molecule has 3 rings (SSSR count). The third-order valence-electron chi connectivity index (χ3n) is 4.09. The fourth-order valence-corrected chi connectivity index (χ4v) is 3.40. The highest BCUT2D eigenvalue weighted by atomic mass is 79.9. The topological polar surface area (TPSA) is 35.1 Å². The molecule has 116 valence electrons. The molecule has 3 nitrogen and oxygen atoms in total. The number of rotatable bonds is 3. The summed E-state index contributed by atoms with van der Waals surface area (Å²) in [6.07, 6.45) is 0.932. The highest BCUT2D eigenvalue weighted by Crippen LogP contribution is 2.36. The minimum atomic E-state index is -0.188. The quantitative estimate of drug-likeness (QED) is 0.906. The van der Waals surface area contributed by atoms with Crippen molar-refractivity contribution in [1.29, 1.82) is 0 Å². The molecule has 0 radical (unpaired) electrons. The number of fused-ring (bicyclic) bond motifs is 1. The second-order valence-corrected chi connectivity index (χ2v) is 6.24. The molecule has 0 bridgehead atoms. The molecule has 5 heteroatoms. The molecule has 2 N–H and O–H groups in total. The van der Waals surface area contributed by atoms with E-state index < -0.39 is 0 Å². The van der Waals surface area contributed by atoms with Crippen LogP contribution in [0, 0.1) is 5.82 Å². The summed E-state index contributed by atoms with van der Waals surface area (Å²) >= 11 is 3.43. The Kier molecular flexibility index (Phi) is 4.36. The van der Waals surface area contributed by atoms with Crippen LogP contribution in [0.2, 0.25) is 0 Å². The van der Waals surface area contributed by atoms with Crippen molar-refractivity contribution in [2.24, 2.45) is 0 Å². The van der Waals surface area contributed by atoms with Gasteiger partial charge in [0.2, 0.25) is 0 Å². The van der Waals surface area contributed by atoms with Crippen LogP contribution in [0.3, 0.4) is 0 Å². The summed E-state index contributed by atoms with van der Waals surface area (Å²) in [7, 11) is 3.25. The number of benzene rings is 2. The van der Waals surface area contributed by atoms with Gasteiger partial charge in [-0.15, -0.1) is 0 Å². The summed E-state index contributed by atoms with van der Waals surface area (Å²) in [4.78, 5) is 0. The molecular formula is C17H18BrFNO2+. The number of methoxy groups -OCH3 is 2. The Morgan fingerprint density at radius 2 is 1.82 bits per heavy atom. The van der Waals surface area contributed by atoms with Crippen LogP contribution in [0.1, 0.15) is 22.7 Å².